The van der Waals surface area contributed by atoms with Gasteiger partial charge in [-0.25, -0.2) is 4.39 Å². The molecule has 19 heavy (non-hydrogen) atoms. The molecule has 0 bridgehead atoms. The van der Waals surface area contributed by atoms with Crippen molar-refractivity contribution in [3.63, 3.8) is 0 Å². The van der Waals surface area contributed by atoms with E-state index in [0.717, 1.165) is 25.9 Å². The van der Waals surface area contributed by atoms with Gasteiger partial charge in [-0.15, -0.1) is 0 Å². The van der Waals surface area contributed by atoms with Crippen LogP contribution in [0.5, 0.6) is 5.75 Å². The fourth-order valence-corrected chi connectivity index (χ4v) is 1.98. The van der Waals surface area contributed by atoms with Crippen molar-refractivity contribution in [2.24, 2.45) is 0 Å². The summed E-state index contributed by atoms with van der Waals surface area (Å²) in [6, 6.07) is 4.19. The first kappa shape index (κ1) is 13.9. The van der Waals surface area contributed by atoms with E-state index in [0.29, 0.717) is 17.9 Å². The summed E-state index contributed by atoms with van der Waals surface area (Å²) >= 11 is 0. The van der Waals surface area contributed by atoms with Gasteiger partial charge in [0.25, 0.3) is 0 Å². The van der Waals surface area contributed by atoms with Crippen molar-refractivity contribution in [2.75, 3.05) is 19.8 Å². The van der Waals surface area contributed by atoms with Gasteiger partial charge in [0.05, 0.1) is 11.7 Å². The second-order valence-electron chi connectivity index (χ2n) is 4.40. The zero-order chi connectivity index (χ0) is 13.5. The number of halogens is 1. The van der Waals surface area contributed by atoms with Gasteiger partial charge >= 0.3 is 0 Å². The third-order valence-corrected chi connectivity index (χ3v) is 2.94. The van der Waals surface area contributed by atoms with Crippen LogP contribution in [0.3, 0.4) is 0 Å². The van der Waals surface area contributed by atoms with Gasteiger partial charge in [0.2, 0.25) is 0 Å². The molecular formula is C15H17FO3. The minimum Gasteiger partial charge on any atom is -0.489 e. The van der Waals surface area contributed by atoms with Crippen molar-refractivity contribution in [2.45, 2.75) is 25.4 Å². The molecule has 1 N–H and O–H groups in total. The molecule has 3 nitrogen and oxygen atoms in total. The van der Waals surface area contributed by atoms with Gasteiger partial charge in [-0.3, -0.25) is 0 Å². The van der Waals surface area contributed by atoms with Crippen molar-refractivity contribution < 1.29 is 19.0 Å². The van der Waals surface area contributed by atoms with E-state index in [-0.39, 0.29) is 18.5 Å². The molecule has 1 saturated heterocycles. The van der Waals surface area contributed by atoms with E-state index in [2.05, 4.69) is 11.8 Å². The molecule has 1 unspecified atom stereocenters. The fourth-order valence-electron chi connectivity index (χ4n) is 1.98. The first-order valence-electron chi connectivity index (χ1n) is 6.43. The maximum absolute atomic E-state index is 13.2. The Labute approximate surface area is 112 Å². The molecule has 0 saturated carbocycles. The van der Waals surface area contributed by atoms with E-state index in [4.69, 9.17) is 14.6 Å². The van der Waals surface area contributed by atoms with Gasteiger partial charge in [0.1, 0.15) is 24.8 Å². The average molecular weight is 264 g/mol. The fraction of sp³-hybridized carbons (Fsp3) is 0.467. The highest BCUT2D eigenvalue weighted by Gasteiger charge is 2.15. The molecule has 0 amide bonds. The predicted molar refractivity (Wildman–Crippen MR) is 69.4 cm³/mol. The predicted octanol–water partition coefficient (Wildman–Crippen LogP) is 2.12. The average Bonchev–Trinajstić information content (AvgIpc) is 2.45. The van der Waals surface area contributed by atoms with Crippen LogP contribution in [0.4, 0.5) is 4.39 Å². The number of hydrogen-bond donors (Lipinski definition) is 1. The molecule has 1 aliphatic heterocycles. The van der Waals surface area contributed by atoms with Crippen LogP contribution in [0.2, 0.25) is 0 Å². The Hall–Kier alpha value is -1.57. The monoisotopic (exact) mass is 264 g/mol. The first-order chi connectivity index (χ1) is 9.29. The Bertz CT molecular complexity index is 470. The third kappa shape index (κ3) is 4.23. The van der Waals surface area contributed by atoms with Crippen molar-refractivity contribution in [3.8, 4) is 17.6 Å². The number of ether oxygens (including phenoxy) is 2. The minimum atomic E-state index is -0.367. The summed E-state index contributed by atoms with van der Waals surface area (Å²) in [6.45, 7) is 0.925. The van der Waals surface area contributed by atoms with E-state index in [1.54, 1.807) is 6.07 Å². The third-order valence-electron chi connectivity index (χ3n) is 2.94. The molecule has 1 atom stereocenters. The second kappa shape index (κ2) is 7.13. The van der Waals surface area contributed by atoms with Gasteiger partial charge in [-0.05, 0) is 31.4 Å². The van der Waals surface area contributed by atoms with Crippen LogP contribution < -0.4 is 4.74 Å². The Morgan fingerprint density at radius 1 is 1.42 bits per heavy atom. The molecule has 0 spiro atoms. The zero-order valence-corrected chi connectivity index (χ0v) is 10.7. The molecule has 1 aromatic carbocycles. The zero-order valence-electron chi connectivity index (χ0n) is 10.7. The lowest BCUT2D eigenvalue weighted by Crippen LogP contribution is -2.26. The Kier molecular flexibility index (Phi) is 5.20. The Morgan fingerprint density at radius 2 is 2.32 bits per heavy atom. The normalized spacial score (nSPS) is 18.5. The molecule has 0 aliphatic carbocycles. The van der Waals surface area contributed by atoms with Gasteiger partial charge < -0.3 is 14.6 Å². The SMILES string of the molecule is OCC#Cc1ccc(F)cc1OCC1CCCCO1. The highest BCUT2D eigenvalue weighted by Crippen LogP contribution is 2.21. The summed E-state index contributed by atoms with van der Waals surface area (Å²) in [7, 11) is 0. The Balaban J connectivity index is 2.02. The van der Waals surface area contributed by atoms with Crippen LogP contribution in [0, 0.1) is 17.7 Å². The van der Waals surface area contributed by atoms with Gasteiger partial charge in [0.15, 0.2) is 0 Å². The number of aliphatic hydroxyl groups excluding tert-OH is 1. The lowest BCUT2D eigenvalue weighted by molar-refractivity contribution is -0.0111. The lowest BCUT2D eigenvalue weighted by atomic mass is 10.1. The number of rotatable bonds is 3. The lowest BCUT2D eigenvalue weighted by Gasteiger charge is -2.22. The van der Waals surface area contributed by atoms with Crippen molar-refractivity contribution >= 4 is 0 Å². The smallest absolute Gasteiger partial charge is 0.137 e. The molecule has 1 heterocycles. The topological polar surface area (TPSA) is 38.7 Å². The number of aliphatic hydroxyl groups is 1. The molecule has 1 aromatic rings. The van der Waals surface area contributed by atoms with Crippen LogP contribution in [-0.4, -0.2) is 31.0 Å². The van der Waals surface area contributed by atoms with Crippen molar-refractivity contribution in [1.29, 1.82) is 0 Å². The van der Waals surface area contributed by atoms with E-state index < -0.39 is 0 Å². The first-order valence-corrected chi connectivity index (χ1v) is 6.43. The number of benzene rings is 1. The van der Waals surface area contributed by atoms with E-state index >= 15 is 0 Å². The largest absolute Gasteiger partial charge is 0.489 e. The van der Waals surface area contributed by atoms with E-state index in [1.807, 2.05) is 0 Å². The summed E-state index contributed by atoms with van der Waals surface area (Å²) < 4.78 is 24.4. The van der Waals surface area contributed by atoms with E-state index in [9.17, 15) is 4.39 Å². The molecule has 102 valence electrons. The standard InChI is InChI=1S/C15H17FO3/c16-13-7-6-12(4-3-8-17)15(10-13)19-11-14-5-1-2-9-18-14/h6-7,10,14,17H,1-2,5,8-9,11H2. The molecule has 4 heteroatoms. The molecule has 1 fully saturated rings. The van der Waals surface area contributed by atoms with Crippen LogP contribution >= 0.6 is 0 Å². The number of hydrogen-bond acceptors (Lipinski definition) is 3. The highest BCUT2D eigenvalue weighted by atomic mass is 19.1. The van der Waals surface area contributed by atoms with Crippen LogP contribution in [0.15, 0.2) is 18.2 Å². The van der Waals surface area contributed by atoms with Gasteiger partial charge in [-0.2, -0.15) is 0 Å². The second-order valence-corrected chi connectivity index (χ2v) is 4.40. The van der Waals surface area contributed by atoms with Crippen LogP contribution in [0.25, 0.3) is 0 Å². The maximum atomic E-state index is 13.2. The summed E-state index contributed by atoms with van der Waals surface area (Å²) in [6.07, 6.45) is 3.25. The molecule has 0 aromatic heterocycles. The summed E-state index contributed by atoms with van der Waals surface area (Å²) in [5.41, 5.74) is 0.575. The van der Waals surface area contributed by atoms with Gasteiger partial charge in [-0.1, -0.05) is 11.8 Å². The summed E-state index contributed by atoms with van der Waals surface area (Å²) in [5.74, 6) is 5.31. The summed E-state index contributed by atoms with van der Waals surface area (Å²) in [4.78, 5) is 0. The van der Waals surface area contributed by atoms with Crippen LogP contribution in [-0.2, 0) is 4.74 Å². The highest BCUT2D eigenvalue weighted by molar-refractivity contribution is 5.46. The Morgan fingerprint density at radius 3 is 3.05 bits per heavy atom. The summed E-state index contributed by atoms with van der Waals surface area (Å²) in [5, 5.41) is 8.70. The van der Waals surface area contributed by atoms with Gasteiger partial charge in [0, 0.05) is 12.7 Å². The van der Waals surface area contributed by atoms with Crippen LogP contribution in [0.1, 0.15) is 24.8 Å². The molecular weight excluding hydrogens is 247 g/mol. The van der Waals surface area contributed by atoms with E-state index in [1.165, 1.54) is 12.1 Å². The molecule has 0 radical (unpaired) electrons. The minimum absolute atomic E-state index is 0.0654. The molecule has 2 rings (SSSR count). The van der Waals surface area contributed by atoms with Crippen molar-refractivity contribution in [1.82, 2.24) is 0 Å². The molecule has 1 aliphatic rings. The maximum Gasteiger partial charge on any atom is 0.137 e. The quantitative estimate of drug-likeness (QED) is 0.850. The van der Waals surface area contributed by atoms with Crippen molar-refractivity contribution in [3.05, 3.63) is 29.6 Å².